The third-order valence-corrected chi connectivity index (χ3v) is 6.40. The second-order valence-corrected chi connectivity index (χ2v) is 8.48. The second-order valence-electron chi connectivity index (χ2n) is 7.27. The summed E-state index contributed by atoms with van der Waals surface area (Å²) in [6.45, 7) is 0.262. The molecule has 31 heavy (non-hydrogen) atoms. The lowest BCUT2D eigenvalue weighted by atomic mass is 10.0. The first kappa shape index (κ1) is 20.2. The second kappa shape index (κ2) is 7.77. The molecule has 0 aliphatic carbocycles. The molecule has 2 aliphatic heterocycles. The van der Waals surface area contributed by atoms with Gasteiger partial charge in [-0.3, -0.25) is 0 Å². The van der Waals surface area contributed by atoms with Crippen molar-refractivity contribution in [3.63, 3.8) is 0 Å². The Morgan fingerprint density at radius 2 is 1.87 bits per heavy atom. The number of thioether (sulfide) groups is 1. The van der Waals surface area contributed by atoms with Crippen LogP contribution in [0.4, 0.5) is 13.2 Å². The molecule has 2 aromatic carbocycles. The van der Waals surface area contributed by atoms with Crippen LogP contribution in [0.25, 0.3) is 22.0 Å². The van der Waals surface area contributed by atoms with Crippen LogP contribution in [0.1, 0.15) is 12.1 Å². The van der Waals surface area contributed by atoms with Crippen molar-refractivity contribution in [1.82, 2.24) is 9.97 Å². The summed E-state index contributed by atoms with van der Waals surface area (Å²) >= 11 is 1.07. The van der Waals surface area contributed by atoms with Crippen LogP contribution >= 0.6 is 11.8 Å². The predicted molar refractivity (Wildman–Crippen MR) is 108 cm³/mol. The number of oxime groups is 1. The summed E-state index contributed by atoms with van der Waals surface area (Å²) in [6.07, 6.45) is -5.36. The van der Waals surface area contributed by atoms with Crippen LogP contribution in [0.15, 0.2) is 58.8 Å². The van der Waals surface area contributed by atoms with Gasteiger partial charge in [-0.15, -0.1) is 0 Å². The lowest BCUT2D eigenvalue weighted by Crippen LogP contribution is -2.37. The summed E-state index contributed by atoms with van der Waals surface area (Å²) in [5.74, 6) is 0. The van der Waals surface area contributed by atoms with Crippen molar-refractivity contribution in [3.8, 4) is 11.3 Å². The fourth-order valence-corrected chi connectivity index (χ4v) is 4.81. The molecule has 1 N–H and O–H groups in total. The topological polar surface area (TPSA) is 76.8 Å². The number of hydrogen-bond acceptors (Lipinski definition) is 7. The zero-order valence-corrected chi connectivity index (χ0v) is 16.7. The molecule has 3 aromatic rings. The van der Waals surface area contributed by atoms with E-state index in [0.29, 0.717) is 17.7 Å². The molecule has 2 fully saturated rings. The monoisotopic (exact) mass is 447 g/mol. The van der Waals surface area contributed by atoms with Crippen LogP contribution in [0.2, 0.25) is 0 Å². The number of nitrogens with zero attached hydrogens (tertiary/aromatic N) is 3. The molecule has 0 radical (unpaired) electrons. The maximum atomic E-state index is 13.6. The minimum Gasteiger partial charge on any atom is -0.411 e. The molecule has 5 rings (SSSR count). The van der Waals surface area contributed by atoms with Crippen LogP contribution < -0.4 is 0 Å². The van der Waals surface area contributed by atoms with Gasteiger partial charge < -0.3 is 14.7 Å². The van der Waals surface area contributed by atoms with E-state index < -0.39 is 18.2 Å². The highest BCUT2D eigenvalue weighted by Crippen LogP contribution is 2.38. The number of benzene rings is 2. The number of rotatable bonds is 3. The minimum atomic E-state index is -4.62. The zero-order valence-electron chi connectivity index (χ0n) is 15.9. The predicted octanol–water partition coefficient (Wildman–Crippen LogP) is 4.75. The number of halogens is 3. The molecular weight excluding hydrogens is 431 g/mol. The van der Waals surface area contributed by atoms with E-state index in [1.165, 1.54) is 0 Å². The van der Waals surface area contributed by atoms with Gasteiger partial charge in [-0.1, -0.05) is 53.3 Å². The van der Waals surface area contributed by atoms with Gasteiger partial charge in [-0.25, -0.2) is 9.97 Å². The highest BCUT2D eigenvalue weighted by Gasteiger charge is 2.43. The average Bonchev–Trinajstić information content (AvgIpc) is 3.19. The molecule has 6 nitrogen and oxygen atoms in total. The van der Waals surface area contributed by atoms with Crippen molar-refractivity contribution in [3.05, 3.63) is 54.2 Å². The van der Waals surface area contributed by atoms with E-state index in [-0.39, 0.29) is 28.8 Å². The quantitative estimate of drug-likeness (QED) is 0.355. The Bertz CT molecular complexity index is 1170. The molecule has 1 aromatic heterocycles. The maximum absolute atomic E-state index is 13.6. The van der Waals surface area contributed by atoms with Crippen molar-refractivity contribution in [1.29, 1.82) is 0 Å². The van der Waals surface area contributed by atoms with Gasteiger partial charge in [-0.05, 0) is 22.9 Å². The molecule has 3 atom stereocenters. The molecule has 2 saturated heterocycles. The fraction of sp³-hybridized carbons (Fsp3) is 0.286. The van der Waals surface area contributed by atoms with E-state index in [2.05, 4.69) is 15.1 Å². The molecular formula is C21H16F3N3O3S. The van der Waals surface area contributed by atoms with Crippen LogP contribution in [0.5, 0.6) is 0 Å². The number of hydrogen-bond donors (Lipinski definition) is 1. The molecule has 160 valence electrons. The Hall–Kier alpha value is -2.69. The number of ether oxygens (including phenoxy) is 2. The van der Waals surface area contributed by atoms with Gasteiger partial charge >= 0.3 is 6.18 Å². The Morgan fingerprint density at radius 1 is 1.06 bits per heavy atom. The molecule has 3 unspecified atom stereocenters. The molecule has 0 spiro atoms. The van der Waals surface area contributed by atoms with Gasteiger partial charge in [-0.2, -0.15) is 13.2 Å². The number of fused-ring (bicyclic) bond motifs is 3. The summed E-state index contributed by atoms with van der Waals surface area (Å²) in [5, 5.41) is 13.9. The Balaban J connectivity index is 1.53. The lowest BCUT2D eigenvalue weighted by molar-refractivity contribution is -0.141. The zero-order chi connectivity index (χ0) is 21.6. The van der Waals surface area contributed by atoms with Gasteiger partial charge in [0.25, 0.3) is 0 Å². The molecule has 2 aliphatic rings. The fourth-order valence-electron chi connectivity index (χ4n) is 3.68. The van der Waals surface area contributed by atoms with Crippen LogP contribution in [-0.4, -0.2) is 45.1 Å². The van der Waals surface area contributed by atoms with Crippen molar-refractivity contribution in [2.45, 2.75) is 35.4 Å². The summed E-state index contributed by atoms with van der Waals surface area (Å²) in [5.41, 5.74) is 0.0357. The smallest absolute Gasteiger partial charge is 0.411 e. The van der Waals surface area contributed by atoms with Gasteiger partial charge in [0.1, 0.15) is 11.4 Å². The standard InChI is InChI=1S/C21H16F3N3O3S/c22-21(23,24)18-9-14(13-6-5-11-3-1-2-4-12(11)7-13)25-20(26-18)31-17-8-15(27-28)19-29-10-16(17)30-19/h1-7,9,16-17,19,28H,8,10H2/b27-15-. The van der Waals surface area contributed by atoms with Crippen molar-refractivity contribution in [2.24, 2.45) is 5.16 Å². The van der Waals surface area contributed by atoms with Crippen LogP contribution in [-0.2, 0) is 15.7 Å². The first-order chi connectivity index (χ1) is 14.9. The van der Waals surface area contributed by atoms with E-state index in [9.17, 15) is 13.2 Å². The number of alkyl halides is 3. The first-order valence-electron chi connectivity index (χ1n) is 9.51. The van der Waals surface area contributed by atoms with Crippen LogP contribution in [0, 0.1) is 0 Å². The van der Waals surface area contributed by atoms with Gasteiger partial charge in [0.2, 0.25) is 6.29 Å². The van der Waals surface area contributed by atoms with E-state index >= 15 is 0 Å². The van der Waals surface area contributed by atoms with Gasteiger partial charge in [0, 0.05) is 17.2 Å². The Kier molecular flexibility index (Phi) is 5.07. The maximum Gasteiger partial charge on any atom is 0.433 e. The van der Waals surface area contributed by atoms with Crippen molar-refractivity contribution >= 4 is 28.2 Å². The van der Waals surface area contributed by atoms with Crippen molar-refractivity contribution < 1.29 is 27.9 Å². The first-order valence-corrected chi connectivity index (χ1v) is 10.4. The SMILES string of the molecule is O/N=C1/CC(Sc2nc(-c3ccc4ccccc4c3)cc(C(F)(F)F)n2)C2COC1O2. The molecule has 2 bridgehead atoms. The molecule has 3 heterocycles. The largest absolute Gasteiger partial charge is 0.433 e. The van der Waals surface area contributed by atoms with Gasteiger partial charge in [0.15, 0.2) is 5.16 Å². The summed E-state index contributed by atoms with van der Waals surface area (Å²) in [7, 11) is 0. The van der Waals surface area contributed by atoms with E-state index in [1.54, 1.807) is 6.07 Å². The van der Waals surface area contributed by atoms with E-state index in [4.69, 9.17) is 14.7 Å². The summed E-state index contributed by atoms with van der Waals surface area (Å²) in [4.78, 5) is 8.15. The summed E-state index contributed by atoms with van der Waals surface area (Å²) in [6, 6.07) is 14.0. The number of aromatic nitrogens is 2. The minimum absolute atomic E-state index is 0.0192. The highest BCUT2D eigenvalue weighted by atomic mass is 32.2. The molecule has 0 amide bonds. The summed E-state index contributed by atoms with van der Waals surface area (Å²) < 4.78 is 51.7. The normalized spacial score (nSPS) is 24.7. The lowest BCUT2D eigenvalue weighted by Gasteiger charge is -2.26. The molecule has 0 saturated carbocycles. The third-order valence-electron chi connectivity index (χ3n) is 5.23. The van der Waals surface area contributed by atoms with Crippen LogP contribution in [0.3, 0.4) is 0 Å². The Morgan fingerprint density at radius 3 is 2.65 bits per heavy atom. The van der Waals surface area contributed by atoms with E-state index in [1.807, 2.05) is 36.4 Å². The van der Waals surface area contributed by atoms with E-state index in [0.717, 1.165) is 28.6 Å². The van der Waals surface area contributed by atoms with Crippen molar-refractivity contribution in [2.75, 3.05) is 6.61 Å². The highest BCUT2D eigenvalue weighted by molar-refractivity contribution is 7.99. The third kappa shape index (κ3) is 3.98. The average molecular weight is 447 g/mol. The van der Waals surface area contributed by atoms with Gasteiger partial charge in [0.05, 0.1) is 18.4 Å². The molecule has 10 heteroatoms. The Labute approximate surface area is 179 Å².